The minimum atomic E-state index is -1.16. The van der Waals surface area contributed by atoms with E-state index in [1.165, 1.54) is 103 Å². The number of hydrogen-bond donors (Lipinski definition) is 2. The van der Waals surface area contributed by atoms with E-state index in [4.69, 9.17) is 14.9 Å². The highest BCUT2D eigenvalue weighted by Crippen LogP contribution is 2.14. The molecule has 0 heterocycles. The fourth-order valence-corrected chi connectivity index (χ4v) is 4.36. The van der Waals surface area contributed by atoms with E-state index < -0.39 is 12.1 Å². The molecule has 1 rings (SSSR count). The van der Waals surface area contributed by atoms with Crippen LogP contribution >= 0.6 is 0 Å². The van der Waals surface area contributed by atoms with Gasteiger partial charge >= 0.3 is 11.9 Å². The number of unbranched alkanes of at least 4 members (excludes halogenated alkanes) is 18. The summed E-state index contributed by atoms with van der Waals surface area (Å²) < 4.78 is 5.20. The van der Waals surface area contributed by atoms with Crippen LogP contribution in [0.2, 0.25) is 0 Å². The minimum Gasteiger partial charge on any atom is -0.479 e. The van der Waals surface area contributed by atoms with Crippen molar-refractivity contribution in [3.8, 4) is 0 Å². The molecule has 0 radical (unpaired) electrons. The molecular weight excluding hydrogens is 476 g/mol. The number of carbonyl (C=O) groups is 2. The van der Waals surface area contributed by atoms with Gasteiger partial charge in [-0.05, 0) is 25.0 Å². The number of aliphatic carboxylic acids is 1. The Kier molecular flexibility index (Phi) is 26.7. The van der Waals surface area contributed by atoms with Gasteiger partial charge in [0.1, 0.15) is 0 Å². The van der Waals surface area contributed by atoms with Gasteiger partial charge in [0.15, 0.2) is 6.10 Å². The van der Waals surface area contributed by atoms with E-state index >= 15 is 0 Å². The average molecular weight is 535 g/mol. The number of rotatable bonds is 24. The molecule has 0 saturated carbocycles. The van der Waals surface area contributed by atoms with Crippen LogP contribution in [0, 0.1) is 0 Å². The topological polar surface area (TPSA) is 83.8 Å². The first kappa shape index (κ1) is 36.1. The molecular formula is C33H58O5. The van der Waals surface area contributed by atoms with Crippen LogP contribution in [0.25, 0.3) is 0 Å². The maximum atomic E-state index is 11.6. The summed E-state index contributed by atoms with van der Waals surface area (Å²) in [7, 11) is 0. The van der Waals surface area contributed by atoms with E-state index in [0.29, 0.717) is 18.6 Å². The predicted octanol–water partition coefficient (Wildman–Crippen LogP) is 9.51. The second-order valence-electron chi connectivity index (χ2n) is 10.5. The molecule has 1 atom stereocenters. The van der Waals surface area contributed by atoms with Crippen LogP contribution in [0.15, 0.2) is 30.3 Å². The number of carbonyl (C=O) groups excluding carboxylic acids is 1. The molecule has 0 aromatic heterocycles. The number of aliphatic hydroxyl groups is 1. The quantitative estimate of drug-likeness (QED) is 0.102. The van der Waals surface area contributed by atoms with E-state index in [1.54, 1.807) is 12.1 Å². The molecule has 0 bridgehead atoms. The Morgan fingerprint density at radius 1 is 0.632 bits per heavy atom. The maximum Gasteiger partial charge on any atom is 0.338 e. The first-order valence-corrected chi connectivity index (χ1v) is 15.7. The van der Waals surface area contributed by atoms with Crippen LogP contribution in [0.4, 0.5) is 0 Å². The molecule has 5 heteroatoms. The van der Waals surface area contributed by atoms with Crippen LogP contribution in [-0.4, -0.2) is 34.9 Å². The highest BCUT2D eigenvalue weighted by molar-refractivity contribution is 5.89. The molecule has 0 saturated heterocycles. The zero-order valence-electron chi connectivity index (χ0n) is 24.6. The molecule has 0 fully saturated rings. The highest BCUT2D eigenvalue weighted by Gasteiger charge is 2.11. The lowest BCUT2D eigenvalue weighted by Crippen LogP contribution is -2.18. The minimum absolute atomic E-state index is 0.209. The molecule has 1 aromatic rings. The predicted molar refractivity (Wildman–Crippen MR) is 159 cm³/mol. The lowest BCUT2D eigenvalue weighted by atomic mass is 10.0. The number of esters is 1. The van der Waals surface area contributed by atoms with Crippen LogP contribution in [0.1, 0.15) is 159 Å². The maximum absolute atomic E-state index is 11.6. The van der Waals surface area contributed by atoms with Crippen molar-refractivity contribution in [1.82, 2.24) is 0 Å². The third-order valence-corrected chi connectivity index (χ3v) is 6.86. The smallest absolute Gasteiger partial charge is 0.338 e. The van der Waals surface area contributed by atoms with E-state index in [-0.39, 0.29) is 5.97 Å². The molecule has 220 valence electrons. The Balaban J connectivity index is 0.000000735. The summed E-state index contributed by atoms with van der Waals surface area (Å²) in [5.41, 5.74) is 0.637. The zero-order valence-corrected chi connectivity index (χ0v) is 24.6. The SMILES string of the molecule is CCCCCCCCCCCCCCCCC(O)C(=O)O.CCCCCCCCOC(=O)c1ccccc1. The van der Waals surface area contributed by atoms with Crippen molar-refractivity contribution in [3.63, 3.8) is 0 Å². The summed E-state index contributed by atoms with van der Waals surface area (Å²) in [5.74, 6) is -1.30. The first-order chi connectivity index (χ1) is 18.5. The summed E-state index contributed by atoms with van der Waals surface area (Å²) in [5, 5.41) is 17.7. The van der Waals surface area contributed by atoms with E-state index in [2.05, 4.69) is 13.8 Å². The number of ether oxygens (including phenoxy) is 1. The van der Waals surface area contributed by atoms with Gasteiger partial charge in [-0.15, -0.1) is 0 Å². The van der Waals surface area contributed by atoms with E-state index in [0.717, 1.165) is 25.7 Å². The fourth-order valence-electron chi connectivity index (χ4n) is 4.36. The van der Waals surface area contributed by atoms with Crippen molar-refractivity contribution in [2.45, 2.75) is 155 Å². The molecule has 5 nitrogen and oxygen atoms in total. The Bertz CT molecular complexity index is 646. The second kappa shape index (κ2) is 28.1. The summed E-state index contributed by atoms with van der Waals surface area (Å²) in [6.45, 7) is 5.01. The molecule has 0 amide bonds. The lowest BCUT2D eigenvalue weighted by molar-refractivity contribution is -0.146. The number of carboxylic acids is 1. The highest BCUT2D eigenvalue weighted by atomic mass is 16.5. The van der Waals surface area contributed by atoms with Gasteiger partial charge in [-0.2, -0.15) is 0 Å². The summed E-state index contributed by atoms with van der Waals surface area (Å²) in [6, 6.07) is 9.15. The van der Waals surface area contributed by atoms with Crippen molar-refractivity contribution in [2.24, 2.45) is 0 Å². The Morgan fingerprint density at radius 2 is 1.03 bits per heavy atom. The molecule has 38 heavy (non-hydrogen) atoms. The number of hydrogen-bond acceptors (Lipinski definition) is 4. The Morgan fingerprint density at radius 3 is 1.45 bits per heavy atom. The van der Waals surface area contributed by atoms with Gasteiger partial charge in [-0.3, -0.25) is 0 Å². The van der Waals surface area contributed by atoms with Crippen molar-refractivity contribution in [3.05, 3.63) is 35.9 Å². The monoisotopic (exact) mass is 534 g/mol. The van der Waals surface area contributed by atoms with Crippen molar-refractivity contribution in [2.75, 3.05) is 6.61 Å². The van der Waals surface area contributed by atoms with Gasteiger partial charge < -0.3 is 14.9 Å². The van der Waals surface area contributed by atoms with Crippen LogP contribution < -0.4 is 0 Å². The molecule has 0 aliphatic rings. The third kappa shape index (κ3) is 24.5. The van der Waals surface area contributed by atoms with Crippen molar-refractivity contribution in [1.29, 1.82) is 0 Å². The lowest BCUT2D eigenvalue weighted by Gasteiger charge is -2.05. The Hall–Kier alpha value is -1.88. The largest absolute Gasteiger partial charge is 0.479 e. The van der Waals surface area contributed by atoms with Gasteiger partial charge in [0.25, 0.3) is 0 Å². The van der Waals surface area contributed by atoms with Crippen LogP contribution in [-0.2, 0) is 9.53 Å². The molecule has 2 N–H and O–H groups in total. The molecule has 1 unspecified atom stereocenters. The Labute approximate surface area is 233 Å². The zero-order chi connectivity index (χ0) is 28.1. The molecule has 1 aromatic carbocycles. The van der Waals surface area contributed by atoms with Gasteiger partial charge in [0.2, 0.25) is 0 Å². The average Bonchev–Trinajstić information content (AvgIpc) is 2.93. The summed E-state index contributed by atoms with van der Waals surface area (Å²) >= 11 is 0. The van der Waals surface area contributed by atoms with Gasteiger partial charge in [0, 0.05) is 0 Å². The van der Waals surface area contributed by atoms with Crippen molar-refractivity contribution >= 4 is 11.9 Å². The molecule has 0 aliphatic carbocycles. The van der Waals surface area contributed by atoms with Gasteiger partial charge in [-0.1, -0.05) is 154 Å². The second-order valence-corrected chi connectivity index (χ2v) is 10.5. The normalized spacial score (nSPS) is 11.4. The first-order valence-electron chi connectivity index (χ1n) is 15.7. The fraction of sp³-hybridized carbons (Fsp3) is 0.758. The van der Waals surface area contributed by atoms with E-state index in [9.17, 15) is 9.59 Å². The van der Waals surface area contributed by atoms with Gasteiger partial charge in [-0.25, -0.2) is 9.59 Å². The van der Waals surface area contributed by atoms with E-state index in [1.807, 2.05) is 18.2 Å². The summed E-state index contributed by atoms with van der Waals surface area (Å²) in [6.07, 6.45) is 24.5. The molecule has 0 spiro atoms. The standard InChI is InChI=1S/C18H36O3.C15H22O2/c1-2-3-4-5-6-7-8-9-10-11-12-13-14-15-16-17(19)18(20)21;1-2-3-4-5-6-10-13-17-15(16)14-11-8-7-9-12-14/h17,19H,2-16H2,1H3,(H,20,21);7-9,11-12H,2-6,10,13H2,1H3. The van der Waals surface area contributed by atoms with Gasteiger partial charge in [0.05, 0.1) is 12.2 Å². The molecule has 0 aliphatic heterocycles. The summed E-state index contributed by atoms with van der Waals surface area (Å²) in [4.78, 5) is 22.0. The number of benzene rings is 1. The number of aliphatic hydroxyl groups excluding tert-OH is 1. The number of carboxylic acid groups (broad SMARTS) is 1. The third-order valence-electron chi connectivity index (χ3n) is 6.86. The van der Waals surface area contributed by atoms with Crippen LogP contribution in [0.5, 0.6) is 0 Å². The van der Waals surface area contributed by atoms with Crippen molar-refractivity contribution < 1.29 is 24.5 Å². The van der Waals surface area contributed by atoms with Crippen LogP contribution in [0.3, 0.4) is 0 Å².